The third-order valence-electron chi connectivity index (χ3n) is 5.69. The van der Waals surface area contributed by atoms with E-state index in [-0.39, 0.29) is 5.91 Å². The number of carbonyl (C=O) groups is 1. The van der Waals surface area contributed by atoms with Gasteiger partial charge in [0.15, 0.2) is 0 Å². The van der Waals surface area contributed by atoms with Gasteiger partial charge in [-0.1, -0.05) is 29.8 Å². The van der Waals surface area contributed by atoms with Crippen molar-refractivity contribution in [1.82, 2.24) is 4.98 Å². The maximum Gasteiger partial charge on any atom is 0.249 e. The number of hydrogen-bond donors (Lipinski definition) is 1. The molecule has 0 saturated heterocycles. The van der Waals surface area contributed by atoms with Crippen LogP contribution < -0.4 is 10.1 Å². The van der Waals surface area contributed by atoms with Crippen molar-refractivity contribution >= 4 is 28.3 Å². The second kappa shape index (κ2) is 9.33. The summed E-state index contributed by atoms with van der Waals surface area (Å²) in [5.74, 6) is 0.995. The molecule has 0 aliphatic heterocycles. The van der Waals surface area contributed by atoms with E-state index in [1.807, 2.05) is 33.1 Å². The quantitative estimate of drug-likeness (QED) is 0.333. The van der Waals surface area contributed by atoms with Gasteiger partial charge in [-0.05, 0) is 69.5 Å². The van der Waals surface area contributed by atoms with Gasteiger partial charge in [0, 0.05) is 34.3 Å². The van der Waals surface area contributed by atoms with Crippen LogP contribution in [0.5, 0.6) is 5.75 Å². The third kappa shape index (κ3) is 4.53. The number of furan rings is 1. The highest BCUT2D eigenvalue weighted by molar-refractivity contribution is 6.05. The van der Waals surface area contributed by atoms with Crippen LogP contribution in [0.4, 0.5) is 5.82 Å². The maximum atomic E-state index is 12.6. The fraction of sp³-hybridized carbons (Fsp3) is 0.214. The van der Waals surface area contributed by atoms with Crippen LogP contribution >= 0.6 is 0 Å². The molecule has 0 aliphatic carbocycles. The molecule has 2 aromatic carbocycles. The zero-order valence-electron chi connectivity index (χ0n) is 19.7. The van der Waals surface area contributed by atoms with Gasteiger partial charge in [0.2, 0.25) is 5.91 Å². The van der Waals surface area contributed by atoms with Gasteiger partial charge in [-0.3, -0.25) is 4.79 Å². The molecule has 1 amide bonds. The first-order valence-corrected chi connectivity index (χ1v) is 11.0. The van der Waals surface area contributed by atoms with E-state index in [9.17, 15) is 4.79 Å². The van der Waals surface area contributed by atoms with Gasteiger partial charge in [0.1, 0.15) is 17.2 Å². The van der Waals surface area contributed by atoms with Crippen molar-refractivity contribution in [3.63, 3.8) is 0 Å². The highest BCUT2D eigenvalue weighted by atomic mass is 16.5. The highest BCUT2D eigenvalue weighted by Crippen LogP contribution is 2.41. The van der Waals surface area contributed by atoms with Crippen molar-refractivity contribution in [3.05, 3.63) is 83.3 Å². The summed E-state index contributed by atoms with van der Waals surface area (Å²) < 4.78 is 12.0. The zero-order chi connectivity index (χ0) is 23.5. The Labute approximate surface area is 194 Å². The van der Waals surface area contributed by atoms with Gasteiger partial charge < -0.3 is 14.5 Å². The number of nitrogens with one attached hydrogen (secondary N) is 1. The predicted octanol–water partition coefficient (Wildman–Crippen LogP) is 6.86. The highest BCUT2D eigenvalue weighted by Gasteiger charge is 2.20. The monoisotopic (exact) mass is 440 g/mol. The molecular formula is C28H28N2O3. The average molecular weight is 441 g/mol. The van der Waals surface area contributed by atoms with E-state index in [1.54, 1.807) is 24.4 Å². The lowest BCUT2D eigenvalue weighted by molar-refractivity contribution is -0.111. The summed E-state index contributed by atoms with van der Waals surface area (Å²) in [4.78, 5) is 16.8. The predicted molar refractivity (Wildman–Crippen MR) is 134 cm³/mol. The van der Waals surface area contributed by atoms with E-state index in [0.29, 0.717) is 12.4 Å². The summed E-state index contributed by atoms with van der Waals surface area (Å²) in [6.45, 7) is 10.6. The number of aromatic nitrogens is 1. The van der Waals surface area contributed by atoms with Crippen LogP contribution in [0.1, 0.15) is 36.1 Å². The molecule has 4 rings (SSSR count). The minimum atomic E-state index is -0.242. The molecule has 4 aromatic rings. The number of aryl methyl sites for hydroxylation is 3. The Morgan fingerprint density at radius 1 is 1.12 bits per heavy atom. The lowest BCUT2D eigenvalue weighted by Crippen LogP contribution is -2.10. The molecule has 1 N–H and O–H groups in total. The summed E-state index contributed by atoms with van der Waals surface area (Å²) in [6, 6.07) is 13.9. The Hall–Kier alpha value is -3.86. The number of hydrogen-bond acceptors (Lipinski definition) is 4. The zero-order valence-corrected chi connectivity index (χ0v) is 19.7. The first kappa shape index (κ1) is 22.3. The smallest absolute Gasteiger partial charge is 0.249 e. The van der Waals surface area contributed by atoms with E-state index >= 15 is 0 Å². The molecule has 2 heterocycles. The van der Waals surface area contributed by atoms with E-state index in [2.05, 4.69) is 48.4 Å². The Kier molecular flexibility index (Phi) is 6.31. The molecule has 168 valence electrons. The first-order valence-electron chi connectivity index (χ1n) is 11.0. The normalized spacial score (nSPS) is 11.6. The fourth-order valence-electron chi connectivity index (χ4n) is 4.14. The second-order valence-electron chi connectivity index (χ2n) is 8.19. The SMILES string of the molecule is CCOc1c(/C(C)=C/C(=O)Nc2ccccn2)cc2c(-c3ccc(C)cc3C)coc2c1C. The number of fused-ring (bicyclic) bond motifs is 1. The van der Waals surface area contributed by atoms with Gasteiger partial charge in [-0.15, -0.1) is 0 Å². The number of rotatable bonds is 6. The van der Waals surface area contributed by atoms with Gasteiger partial charge in [0.25, 0.3) is 0 Å². The molecule has 0 spiro atoms. The summed E-state index contributed by atoms with van der Waals surface area (Å²) in [6.07, 6.45) is 5.03. The van der Waals surface area contributed by atoms with Crippen molar-refractivity contribution < 1.29 is 13.9 Å². The van der Waals surface area contributed by atoms with E-state index in [4.69, 9.17) is 9.15 Å². The van der Waals surface area contributed by atoms with E-state index < -0.39 is 0 Å². The third-order valence-corrected chi connectivity index (χ3v) is 5.69. The number of carbonyl (C=O) groups excluding carboxylic acids is 1. The van der Waals surface area contributed by atoms with Crippen LogP contribution in [-0.2, 0) is 4.79 Å². The largest absolute Gasteiger partial charge is 0.493 e. The number of allylic oxidation sites excluding steroid dienone is 1. The van der Waals surface area contributed by atoms with Crippen LogP contribution in [0, 0.1) is 20.8 Å². The molecule has 5 nitrogen and oxygen atoms in total. The summed E-state index contributed by atoms with van der Waals surface area (Å²) in [7, 11) is 0. The van der Waals surface area contributed by atoms with Crippen molar-refractivity contribution in [2.45, 2.75) is 34.6 Å². The van der Waals surface area contributed by atoms with Crippen molar-refractivity contribution in [2.24, 2.45) is 0 Å². The molecule has 0 fully saturated rings. The Morgan fingerprint density at radius 2 is 1.94 bits per heavy atom. The second-order valence-corrected chi connectivity index (χ2v) is 8.19. The van der Waals surface area contributed by atoms with Crippen molar-refractivity contribution in [2.75, 3.05) is 11.9 Å². The standard InChI is InChI=1S/C28H28N2O3/c1-6-32-27-20(5)28-23(24(16-33-28)21-11-10-17(2)13-18(21)3)15-22(27)19(4)14-26(31)30-25-9-7-8-12-29-25/h7-16H,6H2,1-5H3,(H,29,30,31)/b19-14+. The Morgan fingerprint density at radius 3 is 2.64 bits per heavy atom. The first-order chi connectivity index (χ1) is 15.9. The van der Waals surface area contributed by atoms with Crippen LogP contribution in [0.3, 0.4) is 0 Å². The Balaban J connectivity index is 1.82. The minimum Gasteiger partial charge on any atom is -0.493 e. The molecule has 0 aliphatic rings. The topological polar surface area (TPSA) is 64.4 Å². The number of ether oxygens (including phenoxy) is 1. The number of anilines is 1. The van der Waals surface area contributed by atoms with Crippen LogP contribution in [-0.4, -0.2) is 17.5 Å². The van der Waals surface area contributed by atoms with Crippen LogP contribution in [0.2, 0.25) is 0 Å². The summed E-state index contributed by atoms with van der Waals surface area (Å²) >= 11 is 0. The lowest BCUT2D eigenvalue weighted by atomic mass is 9.94. The molecule has 0 unspecified atom stereocenters. The minimum absolute atomic E-state index is 0.242. The molecule has 0 atom stereocenters. The number of amides is 1. The fourth-order valence-corrected chi connectivity index (χ4v) is 4.14. The van der Waals surface area contributed by atoms with Crippen LogP contribution in [0.15, 0.2) is 65.4 Å². The van der Waals surface area contributed by atoms with Gasteiger partial charge >= 0.3 is 0 Å². The van der Waals surface area contributed by atoms with Gasteiger partial charge in [-0.25, -0.2) is 4.98 Å². The lowest BCUT2D eigenvalue weighted by Gasteiger charge is -2.15. The molecule has 0 bridgehead atoms. The van der Waals surface area contributed by atoms with Gasteiger partial charge in [0.05, 0.1) is 12.9 Å². The molecule has 2 aromatic heterocycles. The summed E-state index contributed by atoms with van der Waals surface area (Å²) in [5.41, 5.74) is 7.94. The Bertz CT molecular complexity index is 1350. The van der Waals surface area contributed by atoms with Gasteiger partial charge in [-0.2, -0.15) is 0 Å². The molecular weight excluding hydrogens is 412 g/mol. The van der Waals surface area contributed by atoms with E-state index in [0.717, 1.165) is 44.5 Å². The molecule has 0 radical (unpaired) electrons. The van der Waals surface area contributed by atoms with Crippen molar-refractivity contribution in [3.8, 4) is 16.9 Å². The molecule has 33 heavy (non-hydrogen) atoms. The number of nitrogens with zero attached hydrogens (tertiary/aromatic N) is 1. The van der Waals surface area contributed by atoms with Crippen molar-refractivity contribution in [1.29, 1.82) is 0 Å². The average Bonchev–Trinajstić information content (AvgIpc) is 3.20. The van der Waals surface area contributed by atoms with Crippen LogP contribution in [0.25, 0.3) is 27.7 Å². The number of pyridine rings is 1. The maximum absolute atomic E-state index is 12.6. The van der Waals surface area contributed by atoms with E-state index in [1.165, 1.54) is 11.1 Å². The molecule has 5 heteroatoms. The number of benzene rings is 2. The summed E-state index contributed by atoms with van der Waals surface area (Å²) in [5, 5.41) is 3.80. The molecule has 0 saturated carbocycles.